The van der Waals surface area contributed by atoms with Gasteiger partial charge >= 0.3 is 0 Å². The van der Waals surface area contributed by atoms with Crippen molar-refractivity contribution in [3.8, 4) is 0 Å². The molecule has 1 atom stereocenters. The second-order valence-corrected chi connectivity index (χ2v) is 4.22. The summed E-state index contributed by atoms with van der Waals surface area (Å²) in [5.74, 6) is 0.402. The summed E-state index contributed by atoms with van der Waals surface area (Å²) in [6, 6.07) is 10.2. The van der Waals surface area contributed by atoms with Gasteiger partial charge in [0.05, 0.1) is 5.69 Å². The molecule has 0 saturated heterocycles. The molecule has 94 valence electrons. The van der Waals surface area contributed by atoms with Crippen molar-refractivity contribution in [2.75, 3.05) is 11.9 Å². The maximum Gasteiger partial charge on any atom is 0.146 e. The molecule has 0 fully saturated rings. The molecule has 0 aliphatic heterocycles. The molecule has 0 saturated carbocycles. The Kier molecular flexibility index (Phi) is 3.58. The van der Waals surface area contributed by atoms with Gasteiger partial charge in [-0.3, -0.25) is 0 Å². The molecule has 4 heteroatoms. The van der Waals surface area contributed by atoms with E-state index >= 15 is 0 Å². The lowest BCUT2D eigenvalue weighted by Crippen LogP contribution is -2.18. The summed E-state index contributed by atoms with van der Waals surface area (Å²) < 4.78 is 13.8. The predicted molar refractivity (Wildman–Crippen MR) is 71.3 cm³/mol. The highest BCUT2D eigenvalue weighted by molar-refractivity contribution is 5.63. The third-order valence-electron chi connectivity index (χ3n) is 2.84. The Balaban J connectivity index is 2.46. The van der Waals surface area contributed by atoms with Crippen LogP contribution in [0.3, 0.4) is 0 Å². The molecule has 18 heavy (non-hydrogen) atoms. The normalized spacial score (nSPS) is 12.2. The number of pyridine rings is 1. The average Bonchev–Trinajstić information content (AvgIpc) is 2.38. The van der Waals surface area contributed by atoms with Gasteiger partial charge in [-0.25, -0.2) is 9.37 Å². The number of hydrogen-bond donors (Lipinski definition) is 1. The first kappa shape index (κ1) is 12.5. The lowest BCUT2D eigenvalue weighted by molar-refractivity contribution is 0.627. The number of anilines is 2. The van der Waals surface area contributed by atoms with E-state index in [9.17, 15) is 4.39 Å². The van der Waals surface area contributed by atoms with Crippen LogP contribution in [-0.2, 0) is 0 Å². The molecule has 2 rings (SSSR count). The summed E-state index contributed by atoms with van der Waals surface area (Å²) in [6.45, 7) is 1.88. The second kappa shape index (κ2) is 5.14. The predicted octanol–water partition coefficient (Wildman–Crippen LogP) is 3.01. The van der Waals surface area contributed by atoms with E-state index in [1.165, 1.54) is 6.07 Å². The minimum Gasteiger partial charge on any atom is -0.327 e. The van der Waals surface area contributed by atoms with Crippen molar-refractivity contribution in [2.45, 2.75) is 13.0 Å². The van der Waals surface area contributed by atoms with Crippen LogP contribution in [0.2, 0.25) is 0 Å². The molecule has 3 nitrogen and oxygen atoms in total. The zero-order chi connectivity index (χ0) is 13.1. The Morgan fingerprint density at radius 3 is 2.61 bits per heavy atom. The van der Waals surface area contributed by atoms with Gasteiger partial charge in [-0.2, -0.15) is 0 Å². The number of para-hydroxylation sites is 1. The van der Waals surface area contributed by atoms with Crippen LogP contribution in [0, 0.1) is 5.82 Å². The van der Waals surface area contributed by atoms with E-state index in [-0.39, 0.29) is 11.9 Å². The molecule has 0 spiro atoms. The van der Waals surface area contributed by atoms with Crippen molar-refractivity contribution in [2.24, 2.45) is 5.73 Å². The minimum absolute atomic E-state index is 0.150. The van der Waals surface area contributed by atoms with E-state index in [0.717, 1.165) is 5.56 Å². The maximum absolute atomic E-state index is 13.8. The number of aromatic nitrogens is 1. The summed E-state index contributed by atoms with van der Waals surface area (Å²) >= 11 is 0. The number of nitrogens with two attached hydrogens (primary N) is 1. The van der Waals surface area contributed by atoms with Crippen LogP contribution in [-0.4, -0.2) is 12.0 Å². The van der Waals surface area contributed by atoms with Crippen LogP contribution in [0.4, 0.5) is 15.9 Å². The second-order valence-electron chi connectivity index (χ2n) is 4.22. The first-order valence-electron chi connectivity index (χ1n) is 5.80. The molecule has 1 aromatic carbocycles. The van der Waals surface area contributed by atoms with Gasteiger partial charge in [-0.15, -0.1) is 0 Å². The van der Waals surface area contributed by atoms with Crippen molar-refractivity contribution in [3.05, 3.63) is 54.0 Å². The SMILES string of the molecule is C[C@@H](N)c1cccnc1N(C)c1ccccc1F. The van der Waals surface area contributed by atoms with E-state index in [0.29, 0.717) is 11.5 Å². The molecular weight excluding hydrogens is 229 g/mol. The number of halogens is 1. The Hall–Kier alpha value is -1.94. The van der Waals surface area contributed by atoms with Gasteiger partial charge in [0.2, 0.25) is 0 Å². The van der Waals surface area contributed by atoms with E-state index in [4.69, 9.17) is 5.73 Å². The largest absolute Gasteiger partial charge is 0.327 e. The lowest BCUT2D eigenvalue weighted by atomic mass is 10.1. The van der Waals surface area contributed by atoms with Crippen LogP contribution >= 0.6 is 0 Å². The van der Waals surface area contributed by atoms with Gasteiger partial charge in [0, 0.05) is 24.8 Å². The van der Waals surface area contributed by atoms with E-state index in [1.807, 2.05) is 19.1 Å². The number of nitrogens with zero attached hydrogens (tertiary/aromatic N) is 2. The Morgan fingerprint density at radius 1 is 1.22 bits per heavy atom. The van der Waals surface area contributed by atoms with Crippen LogP contribution in [0.25, 0.3) is 0 Å². The van der Waals surface area contributed by atoms with Gasteiger partial charge in [0.15, 0.2) is 0 Å². The van der Waals surface area contributed by atoms with E-state index in [2.05, 4.69) is 4.98 Å². The fourth-order valence-corrected chi connectivity index (χ4v) is 1.88. The Morgan fingerprint density at radius 2 is 1.94 bits per heavy atom. The molecule has 0 aliphatic carbocycles. The molecule has 0 radical (unpaired) electrons. The van der Waals surface area contributed by atoms with Crippen molar-refractivity contribution < 1.29 is 4.39 Å². The Bertz CT molecular complexity index is 540. The molecular formula is C14H16FN3. The lowest BCUT2D eigenvalue weighted by Gasteiger charge is -2.22. The summed E-state index contributed by atoms with van der Waals surface area (Å²) in [7, 11) is 1.78. The van der Waals surface area contributed by atoms with Crippen molar-refractivity contribution in [3.63, 3.8) is 0 Å². The van der Waals surface area contributed by atoms with Gasteiger partial charge in [0.25, 0.3) is 0 Å². The number of hydrogen-bond acceptors (Lipinski definition) is 3. The van der Waals surface area contributed by atoms with Crippen LogP contribution in [0.1, 0.15) is 18.5 Å². The third-order valence-corrected chi connectivity index (χ3v) is 2.84. The summed E-state index contributed by atoms with van der Waals surface area (Å²) in [5.41, 5.74) is 7.28. The monoisotopic (exact) mass is 245 g/mol. The zero-order valence-electron chi connectivity index (χ0n) is 10.5. The van der Waals surface area contributed by atoms with Gasteiger partial charge < -0.3 is 10.6 Å². The highest BCUT2D eigenvalue weighted by Gasteiger charge is 2.15. The molecule has 2 N–H and O–H groups in total. The molecule has 2 aromatic rings. The quantitative estimate of drug-likeness (QED) is 0.903. The molecule has 0 bridgehead atoms. The highest BCUT2D eigenvalue weighted by Crippen LogP contribution is 2.29. The zero-order valence-corrected chi connectivity index (χ0v) is 10.5. The highest BCUT2D eigenvalue weighted by atomic mass is 19.1. The fraction of sp³-hybridized carbons (Fsp3) is 0.214. The average molecular weight is 245 g/mol. The van der Waals surface area contributed by atoms with E-state index in [1.54, 1.807) is 36.3 Å². The molecule has 1 heterocycles. The number of benzene rings is 1. The molecule has 0 unspecified atom stereocenters. The fourth-order valence-electron chi connectivity index (χ4n) is 1.88. The molecule has 1 aromatic heterocycles. The van der Waals surface area contributed by atoms with Crippen LogP contribution in [0.15, 0.2) is 42.6 Å². The minimum atomic E-state index is -0.277. The standard InChI is InChI=1S/C14H16FN3/c1-10(16)11-6-5-9-17-14(11)18(2)13-8-4-3-7-12(13)15/h3-10H,16H2,1-2H3/t10-/m1/s1. The first-order chi connectivity index (χ1) is 8.61. The summed E-state index contributed by atoms with van der Waals surface area (Å²) in [5, 5.41) is 0. The number of rotatable bonds is 3. The molecule has 0 amide bonds. The van der Waals surface area contributed by atoms with Gasteiger partial charge in [-0.1, -0.05) is 18.2 Å². The Labute approximate surface area is 106 Å². The van der Waals surface area contributed by atoms with Crippen molar-refractivity contribution in [1.82, 2.24) is 4.98 Å². The topological polar surface area (TPSA) is 42.1 Å². The van der Waals surface area contributed by atoms with Crippen molar-refractivity contribution in [1.29, 1.82) is 0 Å². The third kappa shape index (κ3) is 2.33. The van der Waals surface area contributed by atoms with E-state index < -0.39 is 0 Å². The summed E-state index contributed by atoms with van der Waals surface area (Å²) in [4.78, 5) is 6.01. The van der Waals surface area contributed by atoms with Crippen LogP contribution < -0.4 is 10.6 Å². The summed E-state index contributed by atoms with van der Waals surface area (Å²) in [6.07, 6.45) is 1.68. The first-order valence-corrected chi connectivity index (χ1v) is 5.80. The smallest absolute Gasteiger partial charge is 0.146 e. The maximum atomic E-state index is 13.8. The van der Waals surface area contributed by atoms with Crippen LogP contribution in [0.5, 0.6) is 0 Å². The van der Waals surface area contributed by atoms with Gasteiger partial charge in [-0.05, 0) is 25.1 Å². The molecule has 0 aliphatic rings. The van der Waals surface area contributed by atoms with Gasteiger partial charge in [0.1, 0.15) is 11.6 Å². The van der Waals surface area contributed by atoms with Crippen molar-refractivity contribution >= 4 is 11.5 Å².